The number of ether oxygens (including phenoxy) is 1. The molecule has 1 saturated carbocycles. The molecule has 4 heteroatoms. The molecule has 0 saturated heterocycles. The lowest BCUT2D eigenvalue weighted by molar-refractivity contribution is -0.153. The first kappa shape index (κ1) is 16.4. The van der Waals surface area contributed by atoms with Crippen molar-refractivity contribution in [3.63, 3.8) is 0 Å². The average Bonchev–Trinajstić information content (AvgIpc) is 2.37. The first-order valence-corrected chi connectivity index (χ1v) is 7.57. The Bertz CT molecular complexity index is 283. The average molecular weight is 271 g/mol. The van der Waals surface area contributed by atoms with E-state index in [2.05, 4.69) is 18.7 Å². The number of nitrogens with zero attached hydrogens (tertiary/aromatic N) is 1. The highest BCUT2D eigenvalue weighted by Crippen LogP contribution is 2.40. The highest BCUT2D eigenvalue weighted by molar-refractivity contribution is 5.75. The summed E-state index contributed by atoms with van der Waals surface area (Å²) in [5.74, 6) is -0.0932. The van der Waals surface area contributed by atoms with Gasteiger partial charge < -0.3 is 14.7 Å². The van der Waals surface area contributed by atoms with E-state index in [4.69, 9.17) is 4.74 Å². The van der Waals surface area contributed by atoms with E-state index in [-0.39, 0.29) is 0 Å². The van der Waals surface area contributed by atoms with Crippen LogP contribution in [0.2, 0.25) is 0 Å². The molecule has 1 fully saturated rings. The summed E-state index contributed by atoms with van der Waals surface area (Å²) in [6.07, 6.45) is 3.84. The second kappa shape index (κ2) is 7.85. The van der Waals surface area contributed by atoms with Crippen molar-refractivity contribution in [2.75, 3.05) is 32.8 Å². The van der Waals surface area contributed by atoms with Gasteiger partial charge in [-0.15, -0.1) is 0 Å². The Hall–Kier alpha value is -0.610. The molecule has 0 heterocycles. The number of hydrogen-bond acceptors (Lipinski definition) is 3. The molecule has 0 amide bonds. The quantitative estimate of drug-likeness (QED) is 0.689. The Morgan fingerprint density at radius 2 is 2.21 bits per heavy atom. The summed E-state index contributed by atoms with van der Waals surface area (Å²) < 4.78 is 5.38. The molecule has 0 aromatic heterocycles. The maximum absolute atomic E-state index is 11.7. The van der Waals surface area contributed by atoms with E-state index < -0.39 is 11.4 Å². The lowest BCUT2D eigenvalue weighted by Crippen LogP contribution is -2.46. The van der Waals surface area contributed by atoms with Crippen molar-refractivity contribution < 1.29 is 14.6 Å². The molecule has 1 N–H and O–H groups in total. The summed E-state index contributed by atoms with van der Waals surface area (Å²) in [5.41, 5.74) is -0.542. The van der Waals surface area contributed by atoms with Gasteiger partial charge in [-0.2, -0.15) is 0 Å². The van der Waals surface area contributed by atoms with Crippen molar-refractivity contribution in [1.29, 1.82) is 0 Å². The van der Waals surface area contributed by atoms with Gasteiger partial charge >= 0.3 is 5.97 Å². The molecule has 1 aliphatic rings. The Kier molecular flexibility index (Phi) is 6.80. The lowest BCUT2D eigenvalue weighted by Gasteiger charge is -2.39. The van der Waals surface area contributed by atoms with E-state index in [9.17, 15) is 9.90 Å². The highest BCUT2D eigenvalue weighted by Gasteiger charge is 2.42. The van der Waals surface area contributed by atoms with Gasteiger partial charge in [0.25, 0.3) is 0 Å². The molecule has 1 aliphatic carbocycles. The van der Waals surface area contributed by atoms with Crippen LogP contribution in [0.3, 0.4) is 0 Å². The fourth-order valence-electron chi connectivity index (χ4n) is 3.18. The topological polar surface area (TPSA) is 49.8 Å². The first-order valence-electron chi connectivity index (χ1n) is 7.57. The number of carbonyl (C=O) groups is 1. The third kappa shape index (κ3) is 4.77. The summed E-state index contributed by atoms with van der Waals surface area (Å²) in [5, 5.41) is 9.66. The van der Waals surface area contributed by atoms with Crippen molar-refractivity contribution in [1.82, 2.24) is 4.90 Å². The van der Waals surface area contributed by atoms with Crippen molar-refractivity contribution in [2.45, 2.75) is 46.5 Å². The molecular formula is C15H29NO3. The monoisotopic (exact) mass is 271 g/mol. The molecule has 2 atom stereocenters. The fourth-order valence-corrected chi connectivity index (χ4v) is 3.18. The van der Waals surface area contributed by atoms with Gasteiger partial charge in [0, 0.05) is 19.7 Å². The van der Waals surface area contributed by atoms with Crippen molar-refractivity contribution >= 4 is 5.97 Å². The summed E-state index contributed by atoms with van der Waals surface area (Å²) in [6.45, 7) is 10.0. The maximum Gasteiger partial charge on any atom is 0.310 e. The van der Waals surface area contributed by atoms with Crippen molar-refractivity contribution in [2.24, 2.45) is 11.3 Å². The molecule has 0 aromatic carbocycles. The number of likely N-dealkylation sites (N-methyl/N-ethyl adjacent to an activating group) is 1. The Balaban J connectivity index is 2.62. The van der Waals surface area contributed by atoms with Crippen LogP contribution in [0, 0.1) is 11.3 Å². The van der Waals surface area contributed by atoms with Crippen LogP contribution in [0.5, 0.6) is 0 Å². The van der Waals surface area contributed by atoms with Crippen LogP contribution < -0.4 is 0 Å². The lowest BCUT2D eigenvalue weighted by atomic mass is 9.69. The number of aliphatic carboxylic acids is 1. The summed E-state index contributed by atoms with van der Waals surface area (Å²) in [4.78, 5) is 14.0. The van der Waals surface area contributed by atoms with E-state index in [0.717, 1.165) is 39.0 Å². The van der Waals surface area contributed by atoms with Gasteiger partial charge in [-0.05, 0) is 32.2 Å². The third-order valence-corrected chi connectivity index (χ3v) is 4.27. The van der Waals surface area contributed by atoms with Crippen molar-refractivity contribution in [3.05, 3.63) is 0 Å². The van der Waals surface area contributed by atoms with E-state index in [1.54, 1.807) is 0 Å². The number of rotatable bonds is 8. The molecule has 0 aliphatic heterocycles. The fraction of sp³-hybridized carbons (Fsp3) is 0.933. The van der Waals surface area contributed by atoms with Gasteiger partial charge in [0.2, 0.25) is 0 Å². The van der Waals surface area contributed by atoms with Crippen LogP contribution in [0.25, 0.3) is 0 Å². The van der Waals surface area contributed by atoms with Gasteiger partial charge in [-0.3, -0.25) is 4.79 Å². The molecule has 2 unspecified atom stereocenters. The van der Waals surface area contributed by atoms with E-state index in [1.807, 2.05) is 6.92 Å². The Morgan fingerprint density at radius 1 is 1.47 bits per heavy atom. The minimum Gasteiger partial charge on any atom is -0.481 e. The van der Waals surface area contributed by atoms with Crippen LogP contribution in [0.1, 0.15) is 46.5 Å². The second-order valence-corrected chi connectivity index (χ2v) is 5.85. The Morgan fingerprint density at radius 3 is 2.74 bits per heavy atom. The minimum atomic E-state index is -0.617. The molecule has 0 radical (unpaired) electrons. The van der Waals surface area contributed by atoms with Gasteiger partial charge in [0.1, 0.15) is 0 Å². The molecule has 4 nitrogen and oxygen atoms in total. The molecule has 0 aromatic rings. The van der Waals surface area contributed by atoms with Crippen LogP contribution in [0.4, 0.5) is 0 Å². The molecular weight excluding hydrogens is 242 g/mol. The minimum absolute atomic E-state index is 0.524. The molecule has 0 bridgehead atoms. The molecule has 19 heavy (non-hydrogen) atoms. The van der Waals surface area contributed by atoms with Gasteiger partial charge in [-0.25, -0.2) is 0 Å². The zero-order valence-corrected chi connectivity index (χ0v) is 12.7. The zero-order valence-electron chi connectivity index (χ0n) is 12.7. The SMILES string of the molecule is CCOCCN(CC)CC1(C(=O)O)CCCC(C)C1. The normalized spacial score (nSPS) is 27.7. The predicted molar refractivity (Wildman–Crippen MR) is 76.3 cm³/mol. The van der Waals surface area contributed by atoms with Crippen LogP contribution in [-0.4, -0.2) is 48.8 Å². The van der Waals surface area contributed by atoms with Crippen LogP contribution in [0.15, 0.2) is 0 Å². The second-order valence-electron chi connectivity index (χ2n) is 5.85. The predicted octanol–water partition coefficient (Wildman–Crippen LogP) is 2.63. The van der Waals surface area contributed by atoms with Crippen LogP contribution in [-0.2, 0) is 9.53 Å². The highest BCUT2D eigenvalue weighted by atomic mass is 16.5. The van der Waals surface area contributed by atoms with E-state index >= 15 is 0 Å². The van der Waals surface area contributed by atoms with Crippen molar-refractivity contribution in [3.8, 4) is 0 Å². The Labute approximate surface area is 117 Å². The number of carboxylic acids is 1. The summed E-state index contributed by atoms with van der Waals surface area (Å²) in [6, 6.07) is 0. The van der Waals surface area contributed by atoms with Gasteiger partial charge in [-0.1, -0.05) is 26.7 Å². The standard InChI is InChI=1S/C15H29NO3/c1-4-16(9-10-19-5-2)12-15(14(17)18)8-6-7-13(3)11-15/h13H,4-12H2,1-3H3,(H,17,18). The van der Waals surface area contributed by atoms with E-state index in [0.29, 0.717) is 19.1 Å². The molecule has 112 valence electrons. The first-order chi connectivity index (χ1) is 9.04. The third-order valence-electron chi connectivity index (χ3n) is 4.27. The smallest absolute Gasteiger partial charge is 0.310 e. The summed E-state index contributed by atoms with van der Waals surface area (Å²) >= 11 is 0. The molecule has 1 rings (SSSR count). The number of carboxylic acid groups (broad SMARTS) is 1. The van der Waals surface area contributed by atoms with Crippen LogP contribution >= 0.6 is 0 Å². The zero-order chi connectivity index (χ0) is 14.3. The van der Waals surface area contributed by atoms with E-state index in [1.165, 1.54) is 6.42 Å². The maximum atomic E-state index is 11.7. The number of hydrogen-bond donors (Lipinski definition) is 1. The van der Waals surface area contributed by atoms with Gasteiger partial charge in [0.15, 0.2) is 0 Å². The molecule has 0 spiro atoms. The summed E-state index contributed by atoms with van der Waals surface area (Å²) in [7, 11) is 0. The largest absolute Gasteiger partial charge is 0.481 e. The van der Waals surface area contributed by atoms with Gasteiger partial charge in [0.05, 0.1) is 12.0 Å².